The van der Waals surface area contributed by atoms with Crippen LogP contribution in [0.3, 0.4) is 0 Å². The van der Waals surface area contributed by atoms with E-state index in [1.807, 2.05) is 58.0 Å². The summed E-state index contributed by atoms with van der Waals surface area (Å²) in [4.78, 5) is 32.7. The predicted octanol–water partition coefficient (Wildman–Crippen LogP) is 3.94. The number of aromatic amines is 1. The molecule has 1 aromatic carbocycles. The number of aromatic nitrogens is 2. The van der Waals surface area contributed by atoms with E-state index in [1.165, 1.54) is 0 Å². The fourth-order valence-corrected chi connectivity index (χ4v) is 3.91. The lowest BCUT2D eigenvalue weighted by molar-refractivity contribution is -0.132. The van der Waals surface area contributed by atoms with Gasteiger partial charge in [0.15, 0.2) is 0 Å². The Balaban J connectivity index is 1.83. The Morgan fingerprint density at radius 2 is 1.93 bits per heavy atom. The molecule has 1 N–H and O–H groups in total. The van der Waals surface area contributed by atoms with Gasteiger partial charge in [-0.1, -0.05) is 36.8 Å². The lowest BCUT2D eigenvalue weighted by Gasteiger charge is -2.21. The van der Waals surface area contributed by atoms with Crippen LogP contribution in [0.1, 0.15) is 53.8 Å². The molecule has 1 aliphatic heterocycles. The van der Waals surface area contributed by atoms with Crippen LogP contribution in [-0.2, 0) is 4.79 Å². The zero-order valence-corrected chi connectivity index (χ0v) is 17.1. The Kier molecular flexibility index (Phi) is 4.78. The van der Waals surface area contributed by atoms with Crippen molar-refractivity contribution in [2.75, 3.05) is 0 Å². The molecule has 0 aliphatic carbocycles. The second kappa shape index (κ2) is 7.28. The number of pyridine rings is 2. The van der Waals surface area contributed by atoms with E-state index in [1.54, 1.807) is 11.2 Å². The smallest absolute Gasteiger partial charge is 0.257 e. The molecule has 6 heteroatoms. The van der Waals surface area contributed by atoms with E-state index in [0.29, 0.717) is 29.6 Å². The van der Waals surface area contributed by atoms with Crippen molar-refractivity contribution in [3.63, 3.8) is 0 Å². The Morgan fingerprint density at radius 3 is 2.62 bits per heavy atom. The molecular weight excluding hydrogens is 364 g/mol. The molecule has 4 rings (SSSR count). The first-order valence-electron chi connectivity index (χ1n) is 9.84. The molecule has 1 aliphatic rings. The maximum absolute atomic E-state index is 12.9. The fourth-order valence-electron chi connectivity index (χ4n) is 3.91. The normalized spacial score (nSPS) is 16.3. The summed E-state index contributed by atoms with van der Waals surface area (Å²) in [6.07, 6.45) is 2.55. The van der Waals surface area contributed by atoms with Crippen molar-refractivity contribution in [1.82, 2.24) is 15.0 Å². The van der Waals surface area contributed by atoms with Crippen LogP contribution in [0.5, 0.6) is 0 Å². The lowest BCUT2D eigenvalue weighted by atomic mass is 9.95. The van der Waals surface area contributed by atoms with Crippen LogP contribution in [0, 0.1) is 20.8 Å². The van der Waals surface area contributed by atoms with Crippen LogP contribution in [0.4, 0.5) is 0 Å². The summed E-state index contributed by atoms with van der Waals surface area (Å²) in [5.74, 6) is -0.0551. The first kappa shape index (κ1) is 19.1. The van der Waals surface area contributed by atoms with Crippen molar-refractivity contribution >= 4 is 22.5 Å². The van der Waals surface area contributed by atoms with Gasteiger partial charge in [0.25, 0.3) is 5.56 Å². The first-order chi connectivity index (χ1) is 13.9. The summed E-state index contributed by atoms with van der Waals surface area (Å²) < 4.78 is 0. The Labute approximate surface area is 169 Å². The number of nitrogens with one attached hydrogen (secondary N) is 1. The second-order valence-electron chi connectivity index (χ2n) is 7.59. The summed E-state index contributed by atoms with van der Waals surface area (Å²) in [7, 11) is 0. The Morgan fingerprint density at radius 1 is 1.21 bits per heavy atom. The van der Waals surface area contributed by atoms with E-state index < -0.39 is 0 Å². The van der Waals surface area contributed by atoms with Gasteiger partial charge in [0, 0.05) is 23.9 Å². The first-order valence-corrected chi connectivity index (χ1v) is 9.84. The van der Waals surface area contributed by atoms with Gasteiger partial charge in [-0.2, -0.15) is 5.10 Å². The molecule has 0 spiro atoms. The number of hydrogen-bond donors (Lipinski definition) is 1. The van der Waals surface area contributed by atoms with E-state index in [2.05, 4.69) is 15.1 Å². The summed E-state index contributed by atoms with van der Waals surface area (Å²) in [6, 6.07) is 9.89. The summed E-state index contributed by atoms with van der Waals surface area (Å²) in [6.45, 7) is 7.71. The number of aryl methyl sites for hydroxylation is 3. The van der Waals surface area contributed by atoms with E-state index in [-0.39, 0.29) is 17.5 Å². The molecular formula is C23H24N4O2. The van der Waals surface area contributed by atoms with E-state index in [9.17, 15) is 9.59 Å². The minimum Gasteiger partial charge on any atom is -0.320 e. The number of nitrogens with zero attached hydrogens (tertiary/aromatic N) is 3. The van der Waals surface area contributed by atoms with Crippen molar-refractivity contribution in [3.05, 3.63) is 74.8 Å². The largest absolute Gasteiger partial charge is 0.320 e. The molecule has 0 saturated carbocycles. The lowest BCUT2D eigenvalue weighted by Crippen LogP contribution is -2.26. The van der Waals surface area contributed by atoms with E-state index in [4.69, 9.17) is 0 Å². The highest BCUT2D eigenvalue weighted by Crippen LogP contribution is 2.34. The minimum absolute atomic E-state index is 0.0551. The van der Waals surface area contributed by atoms with Crippen molar-refractivity contribution in [2.45, 2.75) is 46.6 Å². The van der Waals surface area contributed by atoms with E-state index >= 15 is 0 Å². The van der Waals surface area contributed by atoms with Gasteiger partial charge in [0.05, 0.1) is 29.0 Å². The van der Waals surface area contributed by atoms with Gasteiger partial charge in [-0.05, 0) is 38.0 Å². The number of fused-ring (bicyclic) bond motifs is 1. The van der Waals surface area contributed by atoms with Crippen LogP contribution < -0.4 is 5.56 Å². The van der Waals surface area contributed by atoms with Crippen molar-refractivity contribution < 1.29 is 4.79 Å². The molecule has 148 valence electrons. The third-order valence-electron chi connectivity index (χ3n) is 5.51. The molecule has 6 nitrogen and oxygen atoms in total. The monoisotopic (exact) mass is 388 g/mol. The third-order valence-corrected chi connectivity index (χ3v) is 5.51. The van der Waals surface area contributed by atoms with Gasteiger partial charge >= 0.3 is 0 Å². The van der Waals surface area contributed by atoms with Gasteiger partial charge in [0.1, 0.15) is 0 Å². The molecule has 2 aromatic heterocycles. The van der Waals surface area contributed by atoms with Gasteiger partial charge in [-0.15, -0.1) is 0 Å². The summed E-state index contributed by atoms with van der Waals surface area (Å²) in [5, 5.41) is 7.11. The maximum Gasteiger partial charge on any atom is 0.257 e. The molecule has 0 saturated heterocycles. The maximum atomic E-state index is 12.9. The summed E-state index contributed by atoms with van der Waals surface area (Å²) >= 11 is 0. The highest BCUT2D eigenvalue weighted by Gasteiger charge is 2.34. The quantitative estimate of drug-likeness (QED) is 0.738. The molecule has 1 amide bonds. The second-order valence-corrected chi connectivity index (χ2v) is 7.59. The Bertz CT molecular complexity index is 1190. The van der Waals surface area contributed by atoms with Gasteiger partial charge in [-0.3, -0.25) is 14.6 Å². The topological polar surface area (TPSA) is 78.4 Å². The number of carbonyl (C=O) groups is 1. The van der Waals surface area contributed by atoms with Crippen LogP contribution >= 0.6 is 0 Å². The van der Waals surface area contributed by atoms with Crippen molar-refractivity contribution in [2.24, 2.45) is 5.10 Å². The molecule has 1 unspecified atom stereocenters. The molecule has 1 atom stereocenters. The number of H-pyrrole nitrogens is 1. The molecule has 0 fully saturated rings. The SMILES string of the molecule is CCC(=O)N1N=C(c2c(C)c3cc(C)ncc3[nH]c2=O)CC1c1ccc(C)cc1. The summed E-state index contributed by atoms with van der Waals surface area (Å²) in [5.41, 5.74) is 5.62. The van der Waals surface area contributed by atoms with Crippen molar-refractivity contribution in [1.29, 1.82) is 0 Å². The minimum atomic E-state index is -0.202. The van der Waals surface area contributed by atoms with Crippen molar-refractivity contribution in [3.8, 4) is 0 Å². The van der Waals surface area contributed by atoms with Crippen LogP contribution in [0.25, 0.3) is 10.9 Å². The number of amides is 1. The molecule has 29 heavy (non-hydrogen) atoms. The standard InChI is InChI=1S/C23H24N4O2/c1-5-21(28)27-20(16-8-6-13(2)7-9-16)11-18(26-27)22-15(4)17-10-14(3)24-12-19(17)25-23(22)29/h6-10,12,20H,5,11H2,1-4H3,(H,25,29). The number of hydrazone groups is 1. The molecule has 0 bridgehead atoms. The average molecular weight is 388 g/mol. The van der Waals surface area contributed by atoms with Gasteiger partial charge < -0.3 is 4.98 Å². The Hall–Kier alpha value is -3.28. The molecule has 3 heterocycles. The predicted molar refractivity (Wildman–Crippen MR) is 114 cm³/mol. The van der Waals surface area contributed by atoms with E-state index in [0.717, 1.165) is 27.8 Å². The highest BCUT2D eigenvalue weighted by atomic mass is 16.2. The molecule has 3 aromatic rings. The molecule has 0 radical (unpaired) electrons. The average Bonchev–Trinajstić information content (AvgIpc) is 3.13. The number of benzene rings is 1. The zero-order valence-electron chi connectivity index (χ0n) is 17.1. The number of hydrogen-bond acceptors (Lipinski definition) is 4. The van der Waals surface area contributed by atoms with Crippen LogP contribution in [0.15, 0.2) is 46.4 Å². The third kappa shape index (κ3) is 3.35. The number of carbonyl (C=O) groups excluding carboxylic acids is 1. The highest BCUT2D eigenvalue weighted by molar-refractivity contribution is 6.06. The fraction of sp³-hybridized carbons (Fsp3) is 0.304. The van der Waals surface area contributed by atoms with Crippen LogP contribution in [0.2, 0.25) is 0 Å². The number of rotatable bonds is 3. The van der Waals surface area contributed by atoms with Crippen LogP contribution in [-0.4, -0.2) is 26.6 Å². The zero-order chi connectivity index (χ0) is 20.7. The van der Waals surface area contributed by atoms with Gasteiger partial charge in [0.2, 0.25) is 5.91 Å². The van der Waals surface area contributed by atoms with Gasteiger partial charge in [-0.25, -0.2) is 5.01 Å².